The summed E-state index contributed by atoms with van der Waals surface area (Å²) in [6.07, 6.45) is 0. The Balaban J connectivity index is 0. The van der Waals surface area contributed by atoms with Crippen LogP contribution < -0.4 is 0 Å². The van der Waals surface area contributed by atoms with Gasteiger partial charge in [0.2, 0.25) is 0 Å². The van der Waals surface area contributed by atoms with Gasteiger partial charge in [0.25, 0.3) is 0 Å². The van der Waals surface area contributed by atoms with E-state index in [4.69, 9.17) is 0 Å². The molecule has 0 atom stereocenters. The quantitative estimate of drug-likeness (QED) is 0.490. The van der Waals surface area contributed by atoms with Gasteiger partial charge >= 0.3 is 79.7 Å². The van der Waals surface area contributed by atoms with Crippen molar-refractivity contribution in [1.82, 2.24) is 0 Å². The summed E-state index contributed by atoms with van der Waals surface area (Å²) >= 11 is 2.25. The van der Waals surface area contributed by atoms with Crippen LogP contribution in [0.15, 0.2) is 58.6 Å². The Bertz CT molecular complexity index is 353. The predicted octanol–water partition coefficient (Wildman–Crippen LogP) is 5.10. The number of hydrogen-bond acceptors (Lipinski definition) is 0. The Morgan fingerprint density at radius 3 is 1.24 bits per heavy atom. The molecule has 0 unspecified atom stereocenters. The molecule has 0 heterocycles. The minimum absolute atomic E-state index is 0.314. The molecule has 0 radical (unpaired) electrons. The standard InChI is InChI=1S/C10H15.2C3H4.Ir/c1-7-6-10(4,5)9(3)8(7)2;2*1-3-2;/h1-5H3;2*1-2H2;. The van der Waals surface area contributed by atoms with Crippen molar-refractivity contribution in [3.05, 3.63) is 58.6 Å². The van der Waals surface area contributed by atoms with E-state index in [1.54, 1.807) is 0 Å². The molecule has 0 aromatic heterocycles. The van der Waals surface area contributed by atoms with Gasteiger partial charge in [0.1, 0.15) is 0 Å². The van der Waals surface area contributed by atoms with Crippen LogP contribution >= 0.6 is 0 Å². The second kappa shape index (κ2) is 8.29. The molecular weight excluding hydrogens is 384 g/mol. The van der Waals surface area contributed by atoms with E-state index in [1.165, 1.54) is 20.8 Å². The molecule has 1 aliphatic carbocycles. The second-order valence-electron chi connectivity index (χ2n) is 4.29. The number of rotatable bonds is 0. The van der Waals surface area contributed by atoms with Crippen LogP contribution in [-0.4, -0.2) is 0 Å². The van der Waals surface area contributed by atoms with Crippen LogP contribution in [0.4, 0.5) is 0 Å². The Hall–Kier alpha value is -0.831. The molecule has 1 aliphatic rings. The molecule has 0 nitrogen and oxygen atoms in total. The maximum atomic E-state index is 3.12. The van der Waals surface area contributed by atoms with E-state index < -0.39 is 0 Å². The van der Waals surface area contributed by atoms with Crippen molar-refractivity contribution in [3.8, 4) is 0 Å². The summed E-state index contributed by atoms with van der Waals surface area (Å²) in [6.45, 7) is 23.8. The first-order chi connectivity index (χ1) is 7.72. The van der Waals surface area contributed by atoms with E-state index in [2.05, 4.69) is 91.3 Å². The first-order valence-electron chi connectivity index (χ1n) is 5.33. The summed E-state index contributed by atoms with van der Waals surface area (Å²) in [5.41, 5.74) is 9.33. The Labute approximate surface area is 117 Å². The van der Waals surface area contributed by atoms with E-state index in [0.29, 0.717) is 5.41 Å². The van der Waals surface area contributed by atoms with E-state index in [0.717, 1.165) is 0 Å². The molecule has 0 bridgehead atoms. The van der Waals surface area contributed by atoms with Crippen LogP contribution in [0.5, 0.6) is 0 Å². The van der Waals surface area contributed by atoms with E-state index in [1.807, 2.05) is 0 Å². The van der Waals surface area contributed by atoms with Crippen molar-refractivity contribution >= 4 is 0 Å². The van der Waals surface area contributed by atoms with Crippen LogP contribution in [0, 0.1) is 5.41 Å². The molecule has 1 heteroatoms. The molecule has 1 rings (SSSR count). The molecular formula is C16H23Ir. The average Bonchev–Trinajstić information content (AvgIpc) is 2.37. The summed E-state index contributed by atoms with van der Waals surface area (Å²) in [7, 11) is 0. The van der Waals surface area contributed by atoms with Crippen molar-refractivity contribution in [1.29, 1.82) is 0 Å². The predicted molar refractivity (Wildman–Crippen MR) is 74.4 cm³/mol. The maximum absolute atomic E-state index is 3.12. The van der Waals surface area contributed by atoms with Crippen LogP contribution in [0.1, 0.15) is 34.6 Å². The molecule has 17 heavy (non-hydrogen) atoms. The summed E-state index contributed by atoms with van der Waals surface area (Å²) in [5, 5.41) is 0. The zero-order valence-corrected chi connectivity index (χ0v) is 14.1. The fourth-order valence-corrected chi connectivity index (χ4v) is 2.43. The zero-order chi connectivity index (χ0) is 14.2. The van der Waals surface area contributed by atoms with Gasteiger partial charge in [-0.05, 0) is 0 Å². The Kier molecular flexibility index (Phi) is 9.04. The molecule has 0 aliphatic heterocycles. The fraction of sp³-hybridized carbons (Fsp3) is 0.375. The SMILES string of the molecule is C=C=C.C=C=C.CC1=C(C)C(C)(C)[C]([Ir])=C1C. The second-order valence-corrected chi connectivity index (χ2v) is 5.49. The van der Waals surface area contributed by atoms with Crippen molar-refractivity contribution in [2.45, 2.75) is 34.6 Å². The average molecular weight is 408 g/mol. The van der Waals surface area contributed by atoms with Crippen LogP contribution in [0.3, 0.4) is 0 Å². The fourth-order valence-electron chi connectivity index (χ4n) is 1.53. The van der Waals surface area contributed by atoms with Gasteiger partial charge in [-0.3, -0.25) is 0 Å². The summed E-state index contributed by atoms with van der Waals surface area (Å²) in [6, 6.07) is 0. The van der Waals surface area contributed by atoms with Gasteiger partial charge in [0, 0.05) is 0 Å². The third-order valence-electron chi connectivity index (χ3n) is 2.90. The van der Waals surface area contributed by atoms with Crippen LogP contribution in [0.2, 0.25) is 0 Å². The number of allylic oxidation sites excluding steroid dienone is 4. The topological polar surface area (TPSA) is 0 Å². The van der Waals surface area contributed by atoms with Gasteiger partial charge in [0.05, 0.1) is 0 Å². The van der Waals surface area contributed by atoms with Crippen molar-refractivity contribution in [2.75, 3.05) is 0 Å². The monoisotopic (exact) mass is 408 g/mol. The molecule has 0 fully saturated rings. The summed E-state index contributed by atoms with van der Waals surface area (Å²) < 4.78 is 1.53. The van der Waals surface area contributed by atoms with Crippen LogP contribution in [-0.2, 0) is 18.9 Å². The van der Waals surface area contributed by atoms with E-state index in [9.17, 15) is 0 Å². The van der Waals surface area contributed by atoms with E-state index >= 15 is 0 Å². The van der Waals surface area contributed by atoms with Gasteiger partial charge in [-0.2, -0.15) is 0 Å². The zero-order valence-electron chi connectivity index (χ0n) is 11.7. The molecule has 96 valence electrons. The van der Waals surface area contributed by atoms with Gasteiger partial charge in [-0.15, -0.1) is 11.5 Å². The van der Waals surface area contributed by atoms with Gasteiger partial charge < -0.3 is 0 Å². The summed E-state index contributed by atoms with van der Waals surface area (Å²) in [4.78, 5) is 0. The molecule has 0 amide bonds. The van der Waals surface area contributed by atoms with Crippen molar-refractivity contribution < 1.29 is 18.9 Å². The van der Waals surface area contributed by atoms with Gasteiger partial charge in [-0.25, -0.2) is 0 Å². The van der Waals surface area contributed by atoms with Crippen molar-refractivity contribution in [2.24, 2.45) is 5.41 Å². The van der Waals surface area contributed by atoms with Crippen LogP contribution in [0.25, 0.3) is 0 Å². The third kappa shape index (κ3) is 4.90. The first kappa shape index (κ1) is 18.5. The molecule has 0 saturated heterocycles. The number of hydrogen-bond donors (Lipinski definition) is 0. The summed E-state index contributed by atoms with van der Waals surface area (Å²) in [5.74, 6) is 0. The molecule has 0 saturated carbocycles. The normalized spacial score (nSPS) is 16.2. The van der Waals surface area contributed by atoms with Gasteiger partial charge in [-0.1, -0.05) is 26.3 Å². The minimum atomic E-state index is 0.314. The first-order valence-corrected chi connectivity index (χ1v) is 6.53. The van der Waals surface area contributed by atoms with Crippen molar-refractivity contribution in [3.63, 3.8) is 0 Å². The molecule has 0 spiro atoms. The van der Waals surface area contributed by atoms with Gasteiger partial charge in [0.15, 0.2) is 0 Å². The third-order valence-corrected chi connectivity index (χ3v) is 5.29. The molecule has 0 N–H and O–H groups in total. The van der Waals surface area contributed by atoms with E-state index in [-0.39, 0.29) is 0 Å². The Morgan fingerprint density at radius 1 is 0.882 bits per heavy atom. The molecule has 0 aromatic rings. The molecule has 0 aromatic carbocycles. The Morgan fingerprint density at radius 2 is 1.18 bits per heavy atom.